The number of anilines is 1. The van der Waals surface area contributed by atoms with Gasteiger partial charge in [-0.15, -0.1) is 11.3 Å². The van der Waals surface area contributed by atoms with Crippen LogP contribution in [0.1, 0.15) is 16.7 Å². The van der Waals surface area contributed by atoms with Gasteiger partial charge in [0.05, 0.1) is 10.2 Å². The number of aromatic nitrogens is 1. The SMILES string of the molecule is Cc1cc(C)c2nc(-c3ccc(C)c(N)c3)sc2c1. The Kier molecular flexibility index (Phi) is 2.79. The quantitative estimate of drug-likeness (QED) is 0.661. The molecule has 0 unspecified atom stereocenters. The van der Waals surface area contributed by atoms with Crippen molar-refractivity contribution in [2.45, 2.75) is 20.8 Å². The maximum atomic E-state index is 5.98. The van der Waals surface area contributed by atoms with Gasteiger partial charge >= 0.3 is 0 Å². The molecule has 2 N–H and O–H groups in total. The maximum Gasteiger partial charge on any atom is 0.124 e. The summed E-state index contributed by atoms with van der Waals surface area (Å²) in [5.74, 6) is 0. The average Bonchev–Trinajstić information content (AvgIpc) is 2.76. The largest absolute Gasteiger partial charge is 0.398 e. The number of fused-ring (bicyclic) bond motifs is 1. The van der Waals surface area contributed by atoms with Gasteiger partial charge in [-0.3, -0.25) is 0 Å². The first-order chi connectivity index (χ1) is 9.04. The van der Waals surface area contributed by atoms with Crippen molar-refractivity contribution in [2.24, 2.45) is 0 Å². The summed E-state index contributed by atoms with van der Waals surface area (Å²) < 4.78 is 1.24. The second kappa shape index (κ2) is 4.35. The fourth-order valence-electron chi connectivity index (χ4n) is 2.27. The lowest BCUT2D eigenvalue weighted by Crippen LogP contribution is -1.89. The van der Waals surface area contributed by atoms with Crippen molar-refractivity contribution >= 4 is 27.2 Å². The Morgan fingerprint density at radius 3 is 2.53 bits per heavy atom. The summed E-state index contributed by atoms with van der Waals surface area (Å²) in [5.41, 5.74) is 12.6. The van der Waals surface area contributed by atoms with Crippen LogP contribution in [-0.4, -0.2) is 4.98 Å². The second-order valence-corrected chi connectivity index (χ2v) is 6.05. The predicted octanol–water partition coefficient (Wildman–Crippen LogP) is 4.47. The van der Waals surface area contributed by atoms with Crippen molar-refractivity contribution in [1.29, 1.82) is 0 Å². The summed E-state index contributed by atoms with van der Waals surface area (Å²) in [6, 6.07) is 10.5. The van der Waals surface area contributed by atoms with Gasteiger partial charge in [0.2, 0.25) is 0 Å². The van der Waals surface area contributed by atoms with Crippen LogP contribution in [-0.2, 0) is 0 Å². The van der Waals surface area contributed by atoms with Gasteiger partial charge in [-0.25, -0.2) is 4.98 Å². The number of thiazole rings is 1. The van der Waals surface area contributed by atoms with Crippen LogP contribution in [0, 0.1) is 20.8 Å². The maximum absolute atomic E-state index is 5.98. The number of rotatable bonds is 1. The van der Waals surface area contributed by atoms with Crippen molar-refractivity contribution in [1.82, 2.24) is 4.98 Å². The third-order valence-electron chi connectivity index (χ3n) is 3.36. The van der Waals surface area contributed by atoms with Crippen LogP contribution in [0.2, 0.25) is 0 Å². The van der Waals surface area contributed by atoms with E-state index in [-0.39, 0.29) is 0 Å². The van der Waals surface area contributed by atoms with Gasteiger partial charge in [0.1, 0.15) is 5.01 Å². The molecule has 0 aliphatic rings. The number of aryl methyl sites for hydroxylation is 3. The molecule has 2 nitrogen and oxygen atoms in total. The van der Waals surface area contributed by atoms with E-state index >= 15 is 0 Å². The van der Waals surface area contributed by atoms with Crippen LogP contribution >= 0.6 is 11.3 Å². The van der Waals surface area contributed by atoms with Crippen molar-refractivity contribution < 1.29 is 0 Å². The van der Waals surface area contributed by atoms with Gasteiger partial charge in [-0.1, -0.05) is 18.2 Å². The molecular weight excluding hydrogens is 252 g/mol. The highest BCUT2D eigenvalue weighted by molar-refractivity contribution is 7.21. The summed E-state index contributed by atoms with van der Waals surface area (Å²) in [7, 11) is 0. The fourth-order valence-corrected chi connectivity index (χ4v) is 3.41. The molecular formula is C16H16N2S. The smallest absolute Gasteiger partial charge is 0.124 e. The van der Waals surface area contributed by atoms with Crippen molar-refractivity contribution in [3.8, 4) is 10.6 Å². The number of nitrogens with zero attached hydrogens (tertiary/aromatic N) is 1. The first-order valence-corrected chi connectivity index (χ1v) is 7.10. The first-order valence-electron chi connectivity index (χ1n) is 6.29. The Morgan fingerprint density at radius 2 is 1.79 bits per heavy atom. The third-order valence-corrected chi connectivity index (χ3v) is 4.41. The van der Waals surface area contributed by atoms with E-state index in [0.717, 1.165) is 27.3 Å². The zero-order valence-corrected chi connectivity index (χ0v) is 12.1. The van der Waals surface area contributed by atoms with E-state index in [1.807, 2.05) is 13.0 Å². The molecule has 2 aromatic carbocycles. The average molecular weight is 268 g/mol. The lowest BCUT2D eigenvalue weighted by Gasteiger charge is -2.01. The number of hydrogen-bond donors (Lipinski definition) is 1. The zero-order chi connectivity index (χ0) is 13.6. The number of hydrogen-bond acceptors (Lipinski definition) is 3. The molecule has 0 radical (unpaired) electrons. The minimum Gasteiger partial charge on any atom is -0.398 e. The molecule has 3 aromatic rings. The lowest BCUT2D eigenvalue weighted by molar-refractivity contribution is 1.38. The third kappa shape index (κ3) is 2.10. The van der Waals surface area contributed by atoms with Crippen LogP contribution in [0.4, 0.5) is 5.69 Å². The van der Waals surface area contributed by atoms with E-state index in [1.54, 1.807) is 11.3 Å². The molecule has 0 fully saturated rings. The molecule has 3 rings (SSSR count). The fraction of sp³-hybridized carbons (Fsp3) is 0.188. The van der Waals surface area contributed by atoms with Crippen LogP contribution in [0.15, 0.2) is 30.3 Å². The first kappa shape index (κ1) is 12.2. The number of benzene rings is 2. The van der Waals surface area contributed by atoms with Crippen molar-refractivity contribution in [3.05, 3.63) is 47.0 Å². The standard InChI is InChI=1S/C16H16N2S/c1-9-6-11(3)15-14(7-9)19-16(18-15)12-5-4-10(2)13(17)8-12/h4-8H,17H2,1-3H3. The van der Waals surface area contributed by atoms with Gasteiger partial charge in [-0.2, -0.15) is 0 Å². The van der Waals surface area contributed by atoms with E-state index in [0.29, 0.717) is 0 Å². The highest BCUT2D eigenvalue weighted by Gasteiger charge is 2.09. The number of nitrogen functional groups attached to an aromatic ring is 1. The Balaban J connectivity index is 2.20. The molecule has 0 spiro atoms. The zero-order valence-electron chi connectivity index (χ0n) is 11.3. The topological polar surface area (TPSA) is 38.9 Å². The molecule has 0 saturated heterocycles. The van der Waals surface area contributed by atoms with E-state index < -0.39 is 0 Å². The number of nitrogens with two attached hydrogens (primary N) is 1. The minimum atomic E-state index is 0.824. The molecule has 96 valence electrons. The Hall–Kier alpha value is -1.87. The van der Waals surface area contributed by atoms with Gasteiger partial charge in [-0.05, 0) is 49.6 Å². The summed E-state index contributed by atoms with van der Waals surface area (Å²) >= 11 is 1.73. The second-order valence-electron chi connectivity index (χ2n) is 5.02. The summed E-state index contributed by atoms with van der Waals surface area (Å²) in [6.45, 7) is 6.25. The molecule has 0 bridgehead atoms. The molecule has 0 saturated carbocycles. The van der Waals surface area contributed by atoms with E-state index in [1.165, 1.54) is 15.8 Å². The Bertz CT molecular complexity index is 772. The van der Waals surface area contributed by atoms with E-state index in [4.69, 9.17) is 10.7 Å². The Labute approximate surface area is 116 Å². The van der Waals surface area contributed by atoms with Crippen LogP contribution in [0.5, 0.6) is 0 Å². The molecule has 0 aliphatic heterocycles. The highest BCUT2D eigenvalue weighted by Crippen LogP contribution is 2.33. The molecule has 19 heavy (non-hydrogen) atoms. The van der Waals surface area contributed by atoms with Gasteiger partial charge in [0.15, 0.2) is 0 Å². The summed E-state index contributed by atoms with van der Waals surface area (Å²) in [5, 5.41) is 1.04. The van der Waals surface area contributed by atoms with Gasteiger partial charge < -0.3 is 5.73 Å². The molecule has 3 heteroatoms. The van der Waals surface area contributed by atoms with E-state index in [2.05, 4.69) is 38.1 Å². The molecule has 0 amide bonds. The normalized spacial score (nSPS) is 11.1. The predicted molar refractivity (Wildman–Crippen MR) is 83.7 cm³/mol. The van der Waals surface area contributed by atoms with Crippen LogP contribution in [0.25, 0.3) is 20.8 Å². The highest BCUT2D eigenvalue weighted by atomic mass is 32.1. The summed E-state index contributed by atoms with van der Waals surface area (Å²) in [6.07, 6.45) is 0. The molecule has 0 atom stereocenters. The summed E-state index contributed by atoms with van der Waals surface area (Å²) in [4.78, 5) is 4.76. The van der Waals surface area contributed by atoms with Gasteiger partial charge in [0, 0.05) is 11.3 Å². The van der Waals surface area contributed by atoms with Crippen LogP contribution in [0.3, 0.4) is 0 Å². The monoisotopic (exact) mass is 268 g/mol. The van der Waals surface area contributed by atoms with Gasteiger partial charge in [0.25, 0.3) is 0 Å². The van der Waals surface area contributed by atoms with Crippen molar-refractivity contribution in [3.63, 3.8) is 0 Å². The molecule has 1 aromatic heterocycles. The van der Waals surface area contributed by atoms with Crippen molar-refractivity contribution in [2.75, 3.05) is 5.73 Å². The van der Waals surface area contributed by atoms with Crippen LogP contribution < -0.4 is 5.73 Å². The van der Waals surface area contributed by atoms with E-state index in [9.17, 15) is 0 Å². The molecule has 1 heterocycles. The minimum absolute atomic E-state index is 0.824. The Morgan fingerprint density at radius 1 is 1.00 bits per heavy atom. The molecule has 0 aliphatic carbocycles. The lowest BCUT2D eigenvalue weighted by atomic mass is 10.1.